The molecule has 3 N–H and O–H groups in total. The van der Waals surface area contributed by atoms with Crippen molar-refractivity contribution in [2.75, 3.05) is 0 Å². The summed E-state index contributed by atoms with van der Waals surface area (Å²) in [5.74, 6) is 0.710. The molecule has 314 valence electrons. The predicted octanol–water partition coefficient (Wildman–Crippen LogP) is 3.91. The third-order valence-electron chi connectivity index (χ3n) is 8.31. The highest BCUT2D eigenvalue weighted by Crippen LogP contribution is 2.27. The second kappa shape index (κ2) is 19.9. The van der Waals surface area contributed by atoms with Crippen LogP contribution in [-0.4, -0.2) is 70.6 Å². The zero-order chi connectivity index (χ0) is 44.2. The van der Waals surface area contributed by atoms with Gasteiger partial charge < -0.3 is 28.9 Å². The number of aromatic hydroxyl groups is 1. The molecule has 0 radical (unpaired) electrons. The van der Waals surface area contributed by atoms with Crippen LogP contribution in [0, 0.1) is 0 Å². The molecule has 0 aliphatic heterocycles. The fraction of sp³-hybridized carbons (Fsp3) is 0.119. The normalized spacial score (nSPS) is 10.5. The third-order valence-corrected chi connectivity index (χ3v) is 8.31. The lowest BCUT2D eigenvalue weighted by Crippen LogP contribution is -2.20. The highest BCUT2D eigenvalue weighted by molar-refractivity contribution is 5.84. The Morgan fingerprint density at radius 2 is 1.16 bits per heavy atom. The van der Waals surface area contributed by atoms with Crippen molar-refractivity contribution < 1.29 is 33.7 Å². The minimum atomic E-state index is -1.14. The van der Waals surface area contributed by atoms with Crippen LogP contribution in [0.4, 0.5) is 0 Å². The van der Waals surface area contributed by atoms with Crippen molar-refractivity contribution in [3.8, 4) is 34.4 Å². The maximum absolute atomic E-state index is 11.3. The van der Waals surface area contributed by atoms with E-state index in [9.17, 15) is 24.3 Å². The first-order valence-corrected chi connectivity index (χ1v) is 18.3. The van der Waals surface area contributed by atoms with Crippen LogP contribution in [0.15, 0.2) is 145 Å². The minimum Gasteiger partial charge on any atom is -0.508 e. The molecule has 0 aliphatic rings. The number of aromatic carboxylic acids is 1. The molecule has 62 heavy (non-hydrogen) atoms. The average molecular weight is 841 g/mol. The largest absolute Gasteiger partial charge is 0.508 e. The van der Waals surface area contributed by atoms with Crippen LogP contribution in [0.25, 0.3) is 45.1 Å². The van der Waals surface area contributed by atoms with Gasteiger partial charge in [-0.2, -0.15) is 15.3 Å². The number of aliphatic hydroxyl groups is 1. The molecular weight excluding hydrogens is 805 g/mol. The number of hydrogen-bond acceptors (Lipinski definition) is 16. The molecule has 7 heterocycles. The molecule has 0 saturated heterocycles. The van der Waals surface area contributed by atoms with Crippen LogP contribution in [0.1, 0.15) is 21.9 Å². The Morgan fingerprint density at radius 1 is 0.645 bits per heavy atom. The van der Waals surface area contributed by atoms with Crippen molar-refractivity contribution in [3.05, 3.63) is 170 Å². The van der Waals surface area contributed by atoms with Gasteiger partial charge in [0.25, 0.3) is 16.7 Å². The van der Waals surface area contributed by atoms with E-state index in [0.29, 0.717) is 51.1 Å². The first kappa shape index (κ1) is 42.9. The highest BCUT2D eigenvalue weighted by Gasteiger charge is 2.11. The zero-order valence-electron chi connectivity index (χ0n) is 33.1. The number of carbonyl (C=O) groups is 1. The summed E-state index contributed by atoms with van der Waals surface area (Å²) < 4.78 is 20.5. The Hall–Kier alpha value is -8.65. The number of phenols is 1. The Balaban J connectivity index is 0.000000149. The van der Waals surface area contributed by atoms with E-state index in [4.69, 9.17) is 23.8 Å². The number of nitrogens with zero attached hydrogens (tertiary/aromatic N) is 10. The quantitative estimate of drug-likeness (QED) is 0.205. The van der Waals surface area contributed by atoms with E-state index in [-0.39, 0.29) is 41.3 Å². The number of ether oxygens (including phenoxy) is 1. The van der Waals surface area contributed by atoms with Crippen molar-refractivity contribution in [2.45, 2.75) is 13.2 Å². The fourth-order valence-corrected chi connectivity index (χ4v) is 5.17. The van der Waals surface area contributed by atoms with Crippen LogP contribution in [0.2, 0.25) is 0 Å². The van der Waals surface area contributed by atoms with E-state index in [1.165, 1.54) is 40.7 Å². The van der Waals surface area contributed by atoms with Crippen LogP contribution in [0.5, 0.6) is 11.5 Å². The molecule has 9 rings (SSSR count). The van der Waals surface area contributed by atoms with E-state index in [0.717, 1.165) is 21.9 Å². The molecule has 0 aliphatic carbocycles. The van der Waals surface area contributed by atoms with Crippen molar-refractivity contribution in [1.29, 1.82) is 0 Å². The van der Waals surface area contributed by atoms with E-state index in [1.54, 1.807) is 69.2 Å². The second-order valence-electron chi connectivity index (χ2n) is 12.8. The van der Waals surface area contributed by atoms with Gasteiger partial charge >= 0.3 is 5.97 Å². The lowest BCUT2D eigenvalue weighted by Gasteiger charge is -2.06. The van der Waals surface area contributed by atoms with Crippen molar-refractivity contribution in [1.82, 2.24) is 49.3 Å². The van der Waals surface area contributed by atoms with Crippen LogP contribution in [0.3, 0.4) is 0 Å². The van der Waals surface area contributed by atoms with E-state index in [2.05, 4.69) is 35.2 Å². The second-order valence-corrected chi connectivity index (χ2v) is 12.8. The average Bonchev–Trinajstić information content (AvgIpc) is 3.92. The summed E-state index contributed by atoms with van der Waals surface area (Å²) in [5.41, 5.74) is 4.68. The van der Waals surface area contributed by atoms with Gasteiger partial charge in [-0.3, -0.25) is 24.4 Å². The Labute approximate surface area is 349 Å². The molecule has 0 unspecified atom stereocenters. The van der Waals surface area contributed by atoms with E-state index < -0.39 is 5.97 Å². The molecule has 0 saturated carbocycles. The summed E-state index contributed by atoms with van der Waals surface area (Å²) in [7, 11) is 4.55. The number of hydrogen-bond donors (Lipinski definition) is 3. The smallest absolute Gasteiger partial charge is 0.356 e. The van der Waals surface area contributed by atoms with Gasteiger partial charge in [-0.15, -0.1) is 0 Å². The number of carboxylic acid groups (broad SMARTS) is 1. The van der Waals surface area contributed by atoms with Crippen molar-refractivity contribution in [3.63, 3.8) is 0 Å². The summed E-state index contributed by atoms with van der Waals surface area (Å²) in [6.07, 6.45) is 6.78. The van der Waals surface area contributed by atoms with Gasteiger partial charge in [0.1, 0.15) is 29.1 Å². The third kappa shape index (κ3) is 11.3. The van der Waals surface area contributed by atoms with Crippen molar-refractivity contribution >= 4 is 28.2 Å². The Kier molecular flexibility index (Phi) is 13.8. The topological polar surface area (TPSA) is 269 Å². The summed E-state index contributed by atoms with van der Waals surface area (Å²) in [4.78, 5) is 59.9. The molecule has 20 heteroatoms. The number of aliphatic hydroxyl groups excluding tert-OH is 1. The van der Waals surface area contributed by atoms with Crippen LogP contribution in [-0.2, 0) is 34.4 Å². The molecular formula is C42H36N10O10. The van der Waals surface area contributed by atoms with Gasteiger partial charge in [-0.05, 0) is 66.7 Å². The maximum Gasteiger partial charge on any atom is 0.356 e. The van der Waals surface area contributed by atoms with Gasteiger partial charge in [-0.1, -0.05) is 0 Å². The monoisotopic (exact) mass is 840 g/mol. The highest BCUT2D eigenvalue weighted by atomic mass is 16.5. The lowest BCUT2D eigenvalue weighted by molar-refractivity contribution is 0.0687. The molecule has 0 bridgehead atoms. The summed E-state index contributed by atoms with van der Waals surface area (Å²) in [6.45, 7) is 0.126. The molecule has 0 fully saturated rings. The number of aryl methyl sites for hydroxylation is 3. The number of rotatable bonds is 7. The molecule has 7 aromatic heterocycles. The SMILES string of the molecule is Cn1nc(C(=O)O)ccc1=O.Cn1nc(CO)ccc1=O.Cn1nc(COc2ccc3oc(-c4cccnc4)nc3c2)ccc1=O.Oc1ccc2oc(-c3cccnc3)nc2c1. The lowest BCUT2D eigenvalue weighted by atomic mass is 10.3. The number of pyridine rings is 2. The molecule has 20 nitrogen and oxygen atoms in total. The first-order chi connectivity index (χ1) is 29.9. The van der Waals surface area contributed by atoms with E-state index >= 15 is 0 Å². The van der Waals surface area contributed by atoms with Gasteiger partial charge in [0.05, 0.1) is 29.1 Å². The number of fused-ring (bicyclic) bond motifs is 2. The van der Waals surface area contributed by atoms with Gasteiger partial charge in [-0.25, -0.2) is 28.8 Å². The van der Waals surface area contributed by atoms with Crippen LogP contribution >= 0.6 is 0 Å². The van der Waals surface area contributed by atoms with E-state index in [1.807, 2.05) is 36.4 Å². The van der Waals surface area contributed by atoms with Crippen LogP contribution < -0.4 is 21.4 Å². The standard InChI is InChI=1S/C18H14N4O3.C12H8N2O2.C6H6N2O3.C6H8N2O2/c1-22-17(23)7-4-13(21-22)11-24-14-5-6-16-15(9-14)20-18(25-16)12-3-2-8-19-10-12;15-9-3-4-11-10(6-9)14-12(16-11)8-2-1-5-13-7-8;1-8-5(9)3-2-4(7-8)6(10)11;1-8-6(10)3-2-5(4-9)7-8/h2-10H,11H2,1H3;1-7,15H;2-3H,1H3,(H,10,11);2-3,9H,4H2,1H3. The van der Waals surface area contributed by atoms with Gasteiger partial charge in [0.15, 0.2) is 16.9 Å². The minimum absolute atomic E-state index is 0.131. The number of benzene rings is 2. The van der Waals surface area contributed by atoms with Gasteiger partial charge in [0.2, 0.25) is 11.8 Å². The Morgan fingerprint density at radius 3 is 1.68 bits per heavy atom. The summed E-state index contributed by atoms with van der Waals surface area (Å²) in [6, 6.07) is 26.0. The molecule has 0 spiro atoms. The van der Waals surface area contributed by atoms with Crippen molar-refractivity contribution in [2.24, 2.45) is 21.1 Å². The van der Waals surface area contributed by atoms with Gasteiger partial charge in [0, 0.05) is 76.3 Å². The zero-order valence-corrected chi connectivity index (χ0v) is 33.1. The molecule has 2 aromatic carbocycles. The molecule has 0 amide bonds. The maximum atomic E-state index is 11.3. The number of oxazole rings is 2. The Bertz CT molecular complexity index is 3130. The predicted molar refractivity (Wildman–Crippen MR) is 222 cm³/mol. The molecule has 0 atom stereocenters. The number of phenolic OH excluding ortho intramolecular Hbond substituents is 1. The first-order valence-electron chi connectivity index (χ1n) is 18.3. The number of aromatic nitrogens is 10. The number of carboxylic acids is 1. The molecule has 9 aromatic rings. The summed E-state index contributed by atoms with van der Waals surface area (Å²) >= 11 is 0. The summed E-state index contributed by atoms with van der Waals surface area (Å²) in [5, 5.41) is 37.7. The fourth-order valence-electron chi connectivity index (χ4n) is 5.17.